The quantitative estimate of drug-likeness (QED) is 0.812. The molecule has 0 aliphatic carbocycles. The minimum atomic E-state index is -0.0684. The third kappa shape index (κ3) is 2.04. The number of benzene rings is 1. The van der Waals surface area contributed by atoms with Gasteiger partial charge in [0.2, 0.25) is 5.88 Å². The molecule has 1 aromatic carbocycles. The topological polar surface area (TPSA) is 49.8 Å². The average Bonchev–Trinajstić information content (AvgIpc) is 2.95. The van der Waals surface area contributed by atoms with Crippen LogP contribution in [0.4, 0.5) is 0 Å². The van der Waals surface area contributed by atoms with Crippen molar-refractivity contribution in [3.8, 4) is 23.1 Å². The summed E-state index contributed by atoms with van der Waals surface area (Å²) in [7, 11) is 4.85. The Labute approximate surface area is 129 Å². The first-order valence-corrected chi connectivity index (χ1v) is 7.04. The van der Waals surface area contributed by atoms with Gasteiger partial charge in [0, 0.05) is 11.8 Å². The molecule has 3 rings (SSSR count). The molecule has 5 nitrogen and oxygen atoms in total. The van der Waals surface area contributed by atoms with E-state index in [0.29, 0.717) is 29.3 Å². The fourth-order valence-electron chi connectivity index (χ4n) is 2.78. The van der Waals surface area contributed by atoms with Crippen molar-refractivity contribution in [1.82, 2.24) is 4.98 Å². The van der Waals surface area contributed by atoms with Crippen LogP contribution in [0, 0.1) is 0 Å². The van der Waals surface area contributed by atoms with Gasteiger partial charge in [-0.15, -0.1) is 0 Å². The largest absolute Gasteiger partial charge is 0.496 e. The zero-order valence-corrected chi connectivity index (χ0v) is 13.2. The molecular weight excluding hydrogens is 282 g/mol. The summed E-state index contributed by atoms with van der Waals surface area (Å²) in [6, 6.07) is 3.78. The molecule has 0 N–H and O–H groups in total. The van der Waals surface area contributed by atoms with Crippen LogP contribution in [0.25, 0.3) is 10.9 Å². The van der Waals surface area contributed by atoms with Gasteiger partial charge in [0.15, 0.2) is 11.5 Å². The van der Waals surface area contributed by atoms with Crippen LogP contribution < -0.4 is 18.9 Å². The van der Waals surface area contributed by atoms with Crippen molar-refractivity contribution in [1.29, 1.82) is 0 Å². The highest BCUT2D eigenvalue weighted by Gasteiger charge is 2.30. The first kappa shape index (κ1) is 14.5. The van der Waals surface area contributed by atoms with Crippen molar-refractivity contribution in [3.05, 3.63) is 29.8 Å². The van der Waals surface area contributed by atoms with Gasteiger partial charge in [0.05, 0.1) is 26.9 Å². The first-order valence-electron chi connectivity index (χ1n) is 7.04. The summed E-state index contributed by atoms with van der Waals surface area (Å²) in [6.45, 7) is 5.92. The van der Waals surface area contributed by atoms with Gasteiger partial charge in [-0.3, -0.25) is 0 Å². The molecule has 0 saturated carbocycles. The highest BCUT2D eigenvalue weighted by molar-refractivity contribution is 5.94. The zero-order chi connectivity index (χ0) is 15.9. The summed E-state index contributed by atoms with van der Waals surface area (Å²) < 4.78 is 22.3. The van der Waals surface area contributed by atoms with Gasteiger partial charge in [0.25, 0.3) is 0 Å². The maximum Gasteiger partial charge on any atom is 0.221 e. The van der Waals surface area contributed by atoms with E-state index in [2.05, 4.69) is 11.6 Å². The summed E-state index contributed by atoms with van der Waals surface area (Å²) in [6.07, 6.45) is 0.645. The van der Waals surface area contributed by atoms with Gasteiger partial charge in [-0.1, -0.05) is 6.58 Å². The van der Waals surface area contributed by atoms with Gasteiger partial charge < -0.3 is 18.9 Å². The maximum absolute atomic E-state index is 5.90. The van der Waals surface area contributed by atoms with Crippen molar-refractivity contribution >= 4 is 10.9 Å². The molecule has 0 fully saturated rings. The molecule has 2 aromatic rings. The monoisotopic (exact) mass is 301 g/mol. The lowest BCUT2D eigenvalue weighted by Gasteiger charge is -2.14. The average molecular weight is 301 g/mol. The van der Waals surface area contributed by atoms with E-state index < -0.39 is 0 Å². The molecule has 1 aliphatic heterocycles. The smallest absolute Gasteiger partial charge is 0.221 e. The number of hydrogen-bond acceptors (Lipinski definition) is 5. The molecule has 1 atom stereocenters. The minimum absolute atomic E-state index is 0.0684. The predicted molar refractivity (Wildman–Crippen MR) is 84.3 cm³/mol. The molecule has 0 spiro atoms. The van der Waals surface area contributed by atoms with Crippen LogP contribution in [0.2, 0.25) is 0 Å². The molecule has 0 bridgehead atoms. The van der Waals surface area contributed by atoms with Crippen LogP contribution in [-0.2, 0) is 6.42 Å². The number of fused-ring (bicyclic) bond motifs is 2. The molecule has 116 valence electrons. The summed E-state index contributed by atoms with van der Waals surface area (Å²) in [5.41, 5.74) is 2.60. The molecule has 22 heavy (non-hydrogen) atoms. The van der Waals surface area contributed by atoms with Crippen LogP contribution in [0.1, 0.15) is 12.5 Å². The number of methoxy groups -OCH3 is 3. The van der Waals surface area contributed by atoms with Gasteiger partial charge in [-0.05, 0) is 24.6 Å². The lowest BCUT2D eigenvalue weighted by molar-refractivity contribution is 0.262. The number of pyridine rings is 1. The van der Waals surface area contributed by atoms with Crippen LogP contribution >= 0.6 is 0 Å². The Kier molecular flexibility index (Phi) is 3.56. The Hall–Kier alpha value is -2.43. The van der Waals surface area contributed by atoms with E-state index >= 15 is 0 Å². The lowest BCUT2D eigenvalue weighted by Crippen LogP contribution is -2.13. The molecule has 1 aliphatic rings. The molecule has 0 unspecified atom stereocenters. The van der Waals surface area contributed by atoms with E-state index in [0.717, 1.165) is 22.3 Å². The third-order valence-electron chi connectivity index (χ3n) is 3.91. The first-order chi connectivity index (χ1) is 10.6. The second-order valence-electron chi connectivity index (χ2n) is 5.28. The van der Waals surface area contributed by atoms with E-state index in [1.165, 1.54) is 0 Å². The van der Waals surface area contributed by atoms with E-state index in [9.17, 15) is 0 Å². The second-order valence-corrected chi connectivity index (χ2v) is 5.28. The Morgan fingerprint density at radius 3 is 2.50 bits per heavy atom. The Bertz CT molecular complexity index is 754. The van der Waals surface area contributed by atoms with Crippen molar-refractivity contribution in [3.63, 3.8) is 0 Å². The van der Waals surface area contributed by atoms with Crippen LogP contribution in [0.15, 0.2) is 24.3 Å². The summed E-state index contributed by atoms with van der Waals surface area (Å²) >= 11 is 0. The molecule has 0 radical (unpaired) electrons. The third-order valence-corrected chi connectivity index (χ3v) is 3.91. The molecular formula is C17H19NO4. The number of ether oxygens (including phenoxy) is 4. The fraction of sp³-hybridized carbons (Fsp3) is 0.353. The van der Waals surface area contributed by atoms with Crippen molar-refractivity contribution in [2.45, 2.75) is 19.4 Å². The number of hydrogen-bond donors (Lipinski definition) is 0. The van der Waals surface area contributed by atoms with Crippen molar-refractivity contribution in [2.75, 3.05) is 21.3 Å². The van der Waals surface area contributed by atoms with Gasteiger partial charge >= 0.3 is 0 Å². The standard InChI is InChI=1S/C17H19NO4/c1-9(2)13-8-11-15(20-4)10-6-7-12(19-3)16(21-5)14(10)18-17(11)22-13/h6-7,13H,1,8H2,2-5H3/t13-/m1/s1. The maximum atomic E-state index is 5.90. The van der Waals surface area contributed by atoms with E-state index in [1.54, 1.807) is 21.3 Å². The molecule has 0 saturated heterocycles. The van der Waals surface area contributed by atoms with Gasteiger partial charge in [-0.25, -0.2) is 4.98 Å². The number of aromatic nitrogens is 1. The highest BCUT2D eigenvalue weighted by atomic mass is 16.5. The van der Waals surface area contributed by atoms with E-state index in [1.807, 2.05) is 19.1 Å². The molecule has 0 amide bonds. The predicted octanol–water partition coefficient (Wildman–Crippen LogP) is 3.14. The molecule has 5 heteroatoms. The highest BCUT2D eigenvalue weighted by Crippen LogP contribution is 2.45. The summed E-state index contributed by atoms with van der Waals surface area (Å²) in [4.78, 5) is 4.63. The number of rotatable bonds is 4. The lowest BCUT2D eigenvalue weighted by atomic mass is 10.0. The Morgan fingerprint density at radius 2 is 1.91 bits per heavy atom. The van der Waals surface area contributed by atoms with E-state index in [4.69, 9.17) is 18.9 Å². The van der Waals surface area contributed by atoms with Crippen molar-refractivity contribution < 1.29 is 18.9 Å². The molecule has 1 aromatic heterocycles. The summed E-state index contributed by atoms with van der Waals surface area (Å²) in [5.74, 6) is 2.54. The number of nitrogens with zero attached hydrogens (tertiary/aromatic N) is 1. The van der Waals surface area contributed by atoms with Crippen molar-refractivity contribution in [2.24, 2.45) is 0 Å². The Balaban J connectivity index is 2.28. The fourth-order valence-corrected chi connectivity index (χ4v) is 2.78. The summed E-state index contributed by atoms with van der Waals surface area (Å²) in [5, 5.41) is 0.880. The van der Waals surface area contributed by atoms with E-state index in [-0.39, 0.29) is 6.10 Å². The SMILES string of the molecule is C=C(C)[C@H]1Cc2c(nc3c(OC)c(OC)ccc3c2OC)O1. The van der Waals surface area contributed by atoms with Gasteiger partial charge in [-0.2, -0.15) is 0 Å². The van der Waals surface area contributed by atoms with Gasteiger partial charge in [0.1, 0.15) is 17.4 Å². The van der Waals surface area contributed by atoms with Crippen LogP contribution in [0.3, 0.4) is 0 Å². The second kappa shape index (κ2) is 5.40. The molecule has 2 heterocycles. The Morgan fingerprint density at radius 1 is 1.18 bits per heavy atom. The zero-order valence-electron chi connectivity index (χ0n) is 13.2. The van der Waals surface area contributed by atoms with Crippen LogP contribution in [0.5, 0.6) is 23.1 Å². The normalized spacial score (nSPS) is 16.1. The van der Waals surface area contributed by atoms with Crippen LogP contribution in [-0.4, -0.2) is 32.4 Å². The minimum Gasteiger partial charge on any atom is -0.496 e.